The zero-order valence-corrected chi connectivity index (χ0v) is 9.53. The Balaban J connectivity index is 1.97. The van der Waals surface area contributed by atoms with E-state index in [1.807, 2.05) is 31.2 Å². The Hall–Kier alpha value is -2.30. The summed E-state index contributed by atoms with van der Waals surface area (Å²) in [7, 11) is 0. The number of nitrogen functional groups attached to an aromatic ring is 1. The molecule has 1 amide bonds. The van der Waals surface area contributed by atoms with E-state index >= 15 is 0 Å². The molecule has 0 fully saturated rings. The van der Waals surface area contributed by atoms with Crippen molar-refractivity contribution in [1.82, 2.24) is 15.5 Å². The molecule has 0 spiro atoms. The monoisotopic (exact) mass is 230 g/mol. The summed E-state index contributed by atoms with van der Waals surface area (Å²) in [5.74, 6) is -0.131. The molecule has 0 aliphatic carbocycles. The molecule has 0 aliphatic rings. The van der Waals surface area contributed by atoms with Crippen LogP contribution in [0.3, 0.4) is 0 Å². The van der Waals surface area contributed by atoms with E-state index in [1.165, 1.54) is 6.20 Å². The predicted octanol–water partition coefficient (Wildman–Crippen LogP) is 1.23. The highest BCUT2D eigenvalue weighted by atomic mass is 16.1. The number of aryl methyl sites for hydroxylation is 1. The van der Waals surface area contributed by atoms with Crippen molar-refractivity contribution in [3.8, 4) is 0 Å². The van der Waals surface area contributed by atoms with Crippen molar-refractivity contribution >= 4 is 11.6 Å². The fourth-order valence-electron chi connectivity index (χ4n) is 1.49. The van der Waals surface area contributed by atoms with E-state index in [-0.39, 0.29) is 5.91 Å². The quantitative estimate of drug-likeness (QED) is 0.693. The van der Waals surface area contributed by atoms with Crippen LogP contribution in [0.25, 0.3) is 0 Å². The lowest BCUT2D eigenvalue weighted by molar-refractivity contribution is 0.0950. The summed E-state index contributed by atoms with van der Waals surface area (Å²) < 4.78 is 0. The number of hydrogen-bond acceptors (Lipinski definition) is 3. The normalized spacial score (nSPS) is 10.2. The third-order valence-corrected chi connectivity index (χ3v) is 2.51. The van der Waals surface area contributed by atoms with E-state index in [0.717, 1.165) is 11.3 Å². The predicted molar refractivity (Wildman–Crippen MR) is 65.3 cm³/mol. The highest BCUT2D eigenvalue weighted by molar-refractivity contribution is 5.94. The summed E-state index contributed by atoms with van der Waals surface area (Å²) in [4.78, 5) is 11.8. The summed E-state index contributed by atoms with van der Waals surface area (Å²) in [6.07, 6.45) is 1.52. The number of benzene rings is 1. The molecule has 2 aromatic rings. The van der Waals surface area contributed by atoms with Gasteiger partial charge in [0.15, 0.2) is 0 Å². The molecule has 0 radical (unpaired) electrons. The molecule has 5 nitrogen and oxygen atoms in total. The fourth-order valence-corrected chi connectivity index (χ4v) is 1.49. The molecular formula is C12H14N4O. The lowest BCUT2D eigenvalue weighted by Crippen LogP contribution is -2.23. The highest BCUT2D eigenvalue weighted by Gasteiger charge is 2.09. The molecule has 1 aromatic carbocycles. The topological polar surface area (TPSA) is 83.8 Å². The molecule has 0 atom stereocenters. The first-order chi connectivity index (χ1) is 8.16. The van der Waals surface area contributed by atoms with Gasteiger partial charge in [0.2, 0.25) is 0 Å². The summed E-state index contributed by atoms with van der Waals surface area (Å²) in [5.41, 5.74) is 8.64. The van der Waals surface area contributed by atoms with Crippen molar-refractivity contribution in [1.29, 1.82) is 0 Å². The van der Waals surface area contributed by atoms with Crippen LogP contribution in [0, 0.1) is 6.92 Å². The van der Waals surface area contributed by atoms with E-state index in [0.29, 0.717) is 17.8 Å². The average molecular weight is 230 g/mol. The molecule has 0 saturated heterocycles. The second-order valence-corrected chi connectivity index (χ2v) is 3.83. The molecule has 0 bridgehead atoms. The number of H-pyrrole nitrogens is 1. The van der Waals surface area contributed by atoms with Gasteiger partial charge in [-0.15, -0.1) is 0 Å². The Morgan fingerprint density at radius 1 is 1.41 bits per heavy atom. The molecule has 0 aliphatic heterocycles. The van der Waals surface area contributed by atoms with E-state index in [1.54, 1.807) is 0 Å². The number of nitrogens with zero attached hydrogens (tertiary/aromatic N) is 1. The Labute approximate surface area is 99.0 Å². The number of carbonyl (C=O) groups excluding carboxylic acids is 1. The maximum Gasteiger partial charge on any atom is 0.255 e. The number of aromatic amines is 1. The molecule has 1 heterocycles. The number of amides is 1. The molecule has 4 N–H and O–H groups in total. The van der Waals surface area contributed by atoms with E-state index in [9.17, 15) is 4.79 Å². The van der Waals surface area contributed by atoms with Crippen LogP contribution in [-0.2, 0) is 6.54 Å². The van der Waals surface area contributed by atoms with Gasteiger partial charge in [0, 0.05) is 17.9 Å². The van der Waals surface area contributed by atoms with Crippen LogP contribution in [0.5, 0.6) is 0 Å². The van der Waals surface area contributed by atoms with Crippen LogP contribution in [0.4, 0.5) is 5.69 Å². The van der Waals surface area contributed by atoms with Crippen molar-refractivity contribution < 1.29 is 4.79 Å². The SMILES string of the molecule is Cc1[nH]ncc1C(=O)NCc1ccc(N)cc1. The van der Waals surface area contributed by atoms with Crippen molar-refractivity contribution in [3.63, 3.8) is 0 Å². The number of nitrogens with two attached hydrogens (primary N) is 1. The molecule has 1 aromatic heterocycles. The lowest BCUT2D eigenvalue weighted by Gasteiger charge is -2.04. The van der Waals surface area contributed by atoms with Gasteiger partial charge in [-0.25, -0.2) is 0 Å². The number of nitrogens with one attached hydrogen (secondary N) is 2. The van der Waals surface area contributed by atoms with Crippen LogP contribution >= 0.6 is 0 Å². The standard InChI is InChI=1S/C12H14N4O/c1-8-11(7-15-16-8)12(17)14-6-9-2-4-10(13)5-3-9/h2-5,7H,6,13H2,1H3,(H,14,17)(H,15,16). The summed E-state index contributed by atoms with van der Waals surface area (Å²) in [6.45, 7) is 2.29. The van der Waals surface area contributed by atoms with E-state index < -0.39 is 0 Å². The second kappa shape index (κ2) is 4.69. The minimum Gasteiger partial charge on any atom is -0.399 e. The maximum atomic E-state index is 11.8. The van der Waals surface area contributed by atoms with Gasteiger partial charge in [0.05, 0.1) is 11.8 Å². The van der Waals surface area contributed by atoms with Crippen LogP contribution in [0.2, 0.25) is 0 Å². The maximum absolute atomic E-state index is 11.8. The van der Waals surface area contributed by atoms with Gasteiger partial charge < -0.3 is 11.1 Å². The van der Waals surface area contributed by atoms with Crippen molar-refractivity contribution in [2.45, 2.75) is 13.5 Å². The first kappa shape index (κ1) is 11.2. The van der Waals surface area contributed by atoms with Gasteiger partial charge in [-0.2, -0.15) is 5.10 Å². The van der Waals surface area contributed by atoms with Gasteiger partial charge in [-0.1, -0.05) is 12.1 Å². The van der Waals surface area contributed by atoms with Crippen LogP contribution in [-0.4, -0.2) is 16.1 Å². The Morgan fingerprint density at radius 2 is 2.12 bits per heavy atom. The molecule has 0 unspecified atom stereocenters. The minimum absolute atomic E-state index is 0.131. The second-order valence-electron chi connectivity index (χ2n) is 3.83. The zero-order valence-electron chi connectivity index (χ0n) is 9.53. The summed E-state index contributed by atoms with van der Waals surface area (Å²) >= 11 is 0. The van der Waals surface area contributed by atoms with E-state index in [4.69, 9.17) is 5.73 Å². The number of aromatic nitrogens is 2. The zero-order chi connectivity index (χ0) is 12.3. The molecule has 0 saturated carbocycles. The van der Waals surface area contributed by atoms with Gasteiger partial charge in [-0.05, 0) is 24.6 Å². The summed E-state index contributed by atoms with van der Waals surface area (Å²) in [6, 6.07) is 7.39. The Morgan fingerprint density at radius 3 is 2.71 bits per heavy atom. The van der Waals surface area contributed by atoms with Crippen molar-refractivity contribution in [2.75, 3.05) is 5.73 Å². The van der Waals surface area contributed by atoms with Gasteiger partial charge in [0.1, 0.15) is 0 Å². The van der Waals surface area contributed by atoms with Gasteiger partial charge in [-0.3, -0.25) is 9.89 Å². The molecular weight excluding hydrogens is 216 g/mol. The Bertz CT molecular complexity index is 516. The van der Waals surface area contributed by atoms with E-state index in [2.05, 4.69) is 15.5 Å². The third kappa shape index (κ3) is 2.63. The smallest absolute Gasteiger partial charge is 0.255 e. The molecule has 17 heavy (non-hydrogen) atoms. The Kier molecular flexibility index (Phi) is 3.09. The van der Waals surface area contributed by atoms with Crippen LogP contribution in [0.15, 0.2) is 30.5 Å². The minimum atomic E-state index is -0.131. The number of rotatable bonds is 3. The first-order valence-corrected chi connectivity index (χ1v) is 5.29. The van der Waals surface area contributed by atoms with Gasteiger partial charge >= 0.3 is 0 Å². The molecule has 5 heteroatoms. The average Bonchev–Trinajstić information content (AvgIpc) is 2.74. The largest absolute Gasteiger partial charge is 0.399 e. The number of carbonyl (C=O) groups is 1. The van der Waals surface area contributed by atoms with Crippen LogP contribution < -0.4 is 11.1 Å². The lowest BCUT2D eigenvalue weighted by atomic mass is 10.2. The molecule has 88 valence electrons. The molecule has 2 rings (SSSR count). The third-order valence-electron chi connectivity index (χ3n) is 2.51. The summed E-state index contributed by atoms with van der Waals surface area (Å²) in [5, 5.41) is 9.36. The van der Waals surface area contributed by atoms with Crippen molar-refractivity contribution in [3.05, 3.63) is 47.3 Å². The van der Waals surface area contributed by atoms with Crippen LogP contribution in [0.1, 0.15) is 21.6 Å². The first-order valence-electron chi connectivity index (χ1n) is 5.29. The highest BCUT2D eigenvalue weighted by Crippen LogP contribution is 2.06. The van der Waals surface area contributed by atoms with Crippen molar-refractivity contribution in [2.24, 2.45) is 0 Å². The van der Waals surface area contributed by atoms with Gasteiger partial charge in [0.25, 0.3) is 5.91 Å². The number of hydrogen-bond donors (Lipinski definition) is 3. The number of anilines is 1. The fraction of sp³-hybridized carbons (Fsp3) is 0.167.